The van der Waals surface area contributed by atoms with Gasteiger partial charge in [0.2, 0.25) is 5.91 Å². The number of hydrogen-bond donors (Lipinski definition) is 1. The minimum atomic E-state index is -0.114. The number of hydrogen-bond acceptors (Lipinski definition) is 4. The minimum Gasteiger partial charge on any atom is -0.341 e. The van der Waals surface area contributed by atoms with Crippen LogP contribution >= 0.6 is 0 Å². The summed E-state index contributed by atoms with van der Waals surface area (Å²) in [5, 5.41) is 10.8. The molecule has 2 rings (SSSR count). The number of carbonyl (C=O) groups is 1. The molecule has 0 saturated carbocycles. The molecule has 2 heterocycles. The SMILES string of the molecule is CC(NCCn1ccnn1)C(=O)N1CCCC1. The summed E-state index contributed by atoms with van der Waals surface area (Å²) < 4.78 is 1.75. The largest absolute Gasteiger partial charge is 0.341 e. The number of nitrogens with zero attached hydrogens (tertiary/aromatic N) is 4. The Bertz CT molecular complexity index is 345. The van der Waals surface area contributed by atoms with Gasteiger partial charge in [-0.25, -0.2) is 0 Å². The van der Waals surface area contributed by atoms with Crippen LogP contribution in [0.5, 0.6) is 0 Å². The summed E-state index contributed by atoms with van der Waals surface area (Å²) in [6.07, 6.45) is 5.74. The second-order valence-electron chi connectivity index (χ2n) is 4.37. The summed E-state index contributed by atoms with van der Waals surface area (Å²) in [6.45, 7) is 5.20. The molecule has 1 aliphatic rings. The maximum absolute atomic E-state index is 12.0. The molecule has 1 aliphatic heterocycles. The van der Waals surface area contributed by atoms with Crippen molar-refractivity contribution in [3.05, 3.63) is 12.4 Å². The van der Waals surface area contributed by atoms with Gasteiger partial charge in [-0.1, -0.05) is 5.21 Å². The number of nitrogens with one attached hydrogen (secondary N) is 1. The molecule has 1 fully saturated rings. The van der Waals surface area contributed by atoms with Crippen molar-refractivity contribution < 1.29 is 4.79 Å². The van der Waals surface area contributed by atoms with E-state index >= 15 is 0 Å². The third-order valence-electron chi connectivity index (χ3n) is 3.05. The van der Waals surface area contributed by atoms with Gasteiger partial charge < -0.3 is 10.2 Å². The fourth-order valence-electron chi connectivity index (χ4n) is 2.05. The molecule has 6 heteroatoms. The van der Waals surface area contributed by atoms with Crippen LogP contribution in [0.25, 0.3) is 0 Å². The lowest BCUT2D eigenvalue weighted by Crippen LogP contribution is -2.44. The van der Waals surface area contributed by atoms with Gasteiger partial charge in [-0.2, -0.15) is 0 Å². The minimum absolute atomic E-state index is 0.114. The van der Waals surface area contributed by atoms with E-state index in [-0.39, 0.29) is 11.9 Å². The van der Waals surface area contributed by atoms with Gasteiger partial charge in [0.1, 0.15) is 0 Å². The van der Waals surface area contributed by atoms with Crippen molar-refractivity contribution in [2.45, 2.75) is 32.4 Å². The van der Waals surface area contributed by atoms with Crippen molar-refractivity contribution in [3.8, 4) is 0 Å². The maximum atomic E-state index is 12.0. The van der Waals surface area contributed by atoms with E-state index in [1.165, 1.54) is 0 Å². The molecule has 6 nitrogen and oxygen atoms in total. The highest BCUT2D eigenvalue weighted by atomic mass is 16.2. The smallest absolute Gasteiger partial charge is 0.239 e. The second kappa shape index (κ2) is 5.77. The van der Waals surface area contributed by atoms with Gasteiger partial charge in [-0.15, -0.1) is 5.10 Å². The van der Waals surface area contributed by atoms with Crippen LogP contribution in [0.3, 0.4) is 0 Å². The molecule has 0 bridgehead atoms. The van der Waals surface area contributed by atoms with E-state index < -0.39 is 0 Å². The summed E-state index contributed by atoms with van der Waals surface area (Å²) in [7, 11) is 0. The lowest BCUT2D eigenvalue weighted by molar-refractivity contribution is -0.131. The number of likely N-dealkylation sites (tertiary alicyclic amines) is 1. The Morgan fingerprint density at radius 3 is 2.88 bits per heavy atom. The first-order chi connectivity index (χ1) is 8.27. The van der Waals surface area contributed by atoms with Crippen LogP contribution < -0.4 is 5.32 Å². The number of aromatic nitrogens is 3. The normalized spacial score (nSPS) is 17.4. The standard InChI is InChI=1S/C11H19N5O/c1-10(11(17)15-6-2-3-7-15)12-4-8-16-9-5-13-14-16/h5,9-10,12H,2-4,6-8H2,1H3. The van der Waals surface area contributed by atoms with Crippen molar-refractivity contribution in [1.82, 2.24) is 25.2 Å². The monoisotopic (exact) mass is 237 g/mol. The molecule has 1 aromatic rings. The van der Waals surface area contributed by atoms with Crippen molar-refractivity contribution in [3.63, 3.8) is 0 Å². The van der Waals surface area contributed by atoms with Gasteiger partial charge in [0, 0.05) is 25.8 Å². The van der Waals surface area contributed by atoms with Crippen LogP contribution in [-0.4, -0.2) is 51.5 Å². The van der Waals surface area contributed by atoms with E-state index in [9.17, 15) is 4.79 Å². The molecule has 1 unspecified atom stereocenters. The Morgan fingerprint density at radius 2 is 2.24 bits per heavy atom. The van der Waals surface area contributed by atoms with Gasteiger partial charge in [-0.05, 0) is 19.8 Å². The Morgan fingerprint density at radius 1 is 1.47 bits per heavy atom. The van der Waals surface area contributed by atoms with Gasteiger partial charge in [0.15, 0.2) is 0 Å². The molecule has 1 amide bonds. The van der Waals surface area contributed by atoms with Crippen LogP contribution in [-0.2, 0) is 11.3 Å². The predicted octanol–water partition coefficient (Wildman–Crippen LogP) is -0.121. The molecular weight excluding hydrogens is 218 g/mol. The zero-order valence-corrected chi connectivity index (χ0v) is 10.2. The van der Waals surface area contributed by atoms with E-state index in [2.05, 4.69) is 15.6 Å². The third kappa shape index (κ3) is 3.26. The predicted molar refractivity (Wildman–Crippen MR) is 63.3 cm³/mol. The first-order valence-electron chi connectivity index (χ1n) is 6.13. The average Bonchev–Trinajstić information content (AvgIpc) is 3.00. The van der Waals surface area contributed by atoms with Crippen molar-refractivity contribution in [2.75, 3.05) is 19.6 Å². The highest BCUT2D eigenvalue weighted by Crippen LogP contribution is 2.08. The summed E-state index contributed by atoms with van der Waals surface area (Å²) in [4.78, 5) is 13.9. The van der Waals surface area contributed by atoms with E-state index in [0.717, 1.165) is 39.0 Å². The molecule has 1 saturated heterocycles. The van der Waals surface area contributed by atoms with Gasteiger partial charge in [0.05, 0.1) is 18.8 Å². The molecule has 1 atom stereocenters. The van der Waals surface area contributed by atoms with Crippen LogP contribution in [0.1, 0.15) is 19.8 Å². The molecule has 1 aromatic heterocycles. The molecule has 1 N–H and O–H groups in total. The van der Waals surface area contributed by atoms with Crippen molar-refractivity contribution in [2.24, 2.45) is 0 Å². The first kappa shape index (κ1) is 12.0. The maximum Gasteiger partial charge on any atom is 0.239 e. The zero-order chi connectivity index (χ0) is 12.1. The van der Waals surface area contributed by atoms with E-state index in [0.29, 0.717) is 0 Å². The van der Waals surface area contributed by atoms with E-state index in [1.807, 2.05) is 18.0 Å². The van der Waals surface area contributed by atoms with Crippen LogP contribution in [0, 0.1) is 0 Å². The Labute approximate surface area is 101 Å². The molecule has 17 heavy (non-hydrogen) atoms. The number of amides is 1. The summed E-state index contributed by atoms with van der Waals surface area (Å²) in [5.41, 5.74) is 0. The number of carbonyl (C=O) groups excluding carboxylic acids is 1. The lowest BCUT2D eigenvalue weighted by atomic mass is 10.3. The summed E-state index contributed by atoms with van der Waals surface area (Å²) in [5.74, 6) is 0.209. The summed E-state index contributed by atoms with van der Waals surface area (Å²) in [6, 6.07) is -0.114. The number of rotatable bonds is 5. The Kier molecular flexibility index (Phi) is 4.08. The van der Waals surface area contributed by atoms with Crippen LogP contribution in [0.2, 0.25) is 0 Å². The van der Waals surface area contributed by atoms with Gasteiger partial charge in [0.25, 0.3) is 0 Å². The van der Waals surface area contributed by atoms with E-state index in [1.54, 1.807) is 10.9 Å². The molecular formula is C11H19N5O. The zero-order valence-electron chi connectivity index (χ0n) is 10.2. The molecule has 0 spiro atoms. The topological polar surface area (TPSA) is 63.1 Å². The fraction of sp³-hybridized carbons (Fsp3) is 0.727. The molecule has 0 aliphatic carbocycles. The molecule has 0 aromatic carbocycles. The Balaban J connectivity index is 1.69. The molecule has 0 radical (unpaired) electrons. The third-order valence-corrected chi connectivity index (χ3v) is 3.05. The van der Waals surface area contributed by atoms with E-state index in [4.69, 9.17) is 0 Å². The summed E-state index contributed by atoms with van der Waals surface area (Å²) >= 11 is 0. The second-order valence-corrected chi connectivity index (χ2v) is 4.37. The van der Waals surface area contributed by atoms with Gasteiger partial charge >= 0.3 is 0 Å². The van der Waals surface area contributed by atoms with Gasteiger partial charge in [-0.3, -0.25) is 9.48 Å². The average molecular weight is 237 g/mol. The van der Waals surface area contributed by atoms with Crippen molar-refractivity contribution in [1.29, 1.82) is 0 Å². The molecule has 94 valence electrons. The quantitative estimate of drug-likeness (QED) is 0.775. The highest BCUT2D eigenvalue weighted by Gasteiger charge is 2.22. The first-order valence-corrected chi connectivity index (χ1v) is 6.13. The lowest BCUT2D eigenvalue weighted by Gasteiger charge is -2.21. The van der Waals surface area contributed by atoms with Crippen molar-refractivity contribution >= 4 is 5.91 Å². The van der Waals surface area contributed by atoms with Crippen LogP contribution in [0.4, 0.5) is 0 Å². The van der Waals surface area contributed by atoms with Crippen LogP contribution in [0.15, 0.2) is 12.4 Å². The highest BCUT2D eigenvalue weighted by molar-refractivity contribution is 5.81. The fourth-order valence-corrected chi connectivity index (χ4v) is 2.05. The Hall–Kier alpha value is -1.43.